The van der Waals surface area contributed by atoms with Gasteiger partial charge >= 0.3 is 5.97 Å². The highest BCUT2D eigenvalue weighted by atomic mass is 16.5. The normalized spacial score (nSPS) is 19.3. The number of hydrogen-bond donors (Lipinski definition) is 1. The van der Waals surface area contributed by atoms with Gasteiger partial charge in [-0.2, -0.15) is 0 Å². The lowest BCUT2D eigenvalue weighted by atomic mass is 9.63. The van der Waals surface area contributed by atoms with Crippen molar-refractivity contribution >= 4 is 11.9 Å². The minimum atomic E-state index is -0.198. The number of nitrogens with zero attached hydrogens (tertiary/aromatic N) is 3. The monoisotopic (exact) mass is 478 g/mol. The Labute approximate surface area is 210 Å². The number of nitrogens with one attached hydrogen (secondary N) is 1. The van der Waals surface area contributed by atoms with E-state index in [2.05, 4.69) is 61.1 Å². The first-order valence-corrected chi connectivity index (χ1v) is 13.3. The van der Waals surface area contributed by atoms with Gasteiger partial charge < -0.3 is 15.0 Å². The topological polar surface area (TPSA) is 67.3 Å². The standard InChI is InChI=1S/C29H42N4O2/c1-21(34)35-19-7-6-15-30-23-11-17-33(18-12-23)27-31-16-10-26(32-27)22-8-9-24-25(20-22)29(4,5)14-13-28(24,2)3/h8-10,16,20,23,30H,6-7,11-15,17-19H2,1-5H3. The van der Waals surface area contributed by atoms with Crippen LogP contribution in [0.1, 0.15) is 84.3 Å². The van der Waals surface area contributed by atoms with Crippen molar-refractivity contribution in [2.45, 2.75) is 90.0 Å². The highest BCUT2D eigenvalue weighted by molar-refractivity contribution is 5.66. The predicted octanol–water partition coefficient (Wildman–Crippen LogP) is 5.39. The van der Waals surface area contributed by atoms with Crippen molar-refractivity contribution in [3.05, 3.63) is 41.6 Å². The van der Waals surface area contributed by atoms with Crippen molar-refractivity contribution < 1.29 is 9.53 Å². The number of ether oxygens (including phenoxy) is 1. The molecular weight excluding hydrogens is 436 g/mol. The van der Waals surface area contributed by atoms with Crippen LogP contribution in [0, 0.1) is 0 Å². The second-order valence-corrected chi connectivity index (χ2v) is 11.5. The Balaban J connectivity index is 1.36. The summed E-state index contributed by atoms with van der Waals surface area (Å²) in [5.41, 5.74) is 5.54. The lowest BCUT2D eigenvalue weighted by molar-refractivity contribution is -0.141. The third-order valence-corrected chi connectivity index (χ3v) is 7.88. The lowest BCUT2D eigenvalue weighted by Crippen LogP contribution is -2.43. The molecule has 4 rings (SSSR count). The fraction of sp³-hybridized carbons (Fsp3) is 0.621. The van der Waals surface area contributed by atoms with E-state index >= 15 is 0 Å². The fourth-order valence-corrected chi connectivity index (χ4v) is 5.44. The zero-order chi connectivity index (χ0) is 25.1. The summed E-state index contributed by atoms with van der Waals surface area (Å²) in [6.07, 6.45) is 8.43. The minimum absolute atomic E-state index is 0.187. The summed E-state index contributed by atoms with van der Waals surface area (Å²) >= 11 is 0. The van der Waals surface area contributed by atoms with Gasteiger partial charge in [-0.25, -0.2) is 9.97 Å². The summed E-state index contributed by atoms with van der Waals surface area (Å²) in [6.45, 7) is 14.3. The van der Waals surface area contributed by atoms with Gasteiger partial charge in [-0.1, -0.05) is 39.8 Å². The van der Waals surface area contributed by atoms with E-state index in [0.29, 0.717) is 12.6 Å². The first kappa shape index (κ1) is 25.6. The Bertz CT molecular complexity index is 1030. The van der Waals surface area contributed by atoms with Gasteiger partial charge in [0.2, 0.25) is 5.95 Å². The van der Waals surface area contributed by atoms with Crippen molar-refractivity contribution in [3.63, 3.8) is 0 Å². The second-order valence-electron chi connectivity index (χ2n) is 11.5. The van der Waals surface area contributed by atoms with Crippen LogP contribution in [0.3, 0.4) is 0 Å². The van der Waals surface area contributed by atoms with Crippen molar-refractivity contribution in [1.82, 2.24) is 15.3 Å². The zero-order valence-corrected chi connectivity index (χ0v) is 22.2. The summed E-state index contributed by atoms with van der Waals surface area (Å²) in [5.74, 6) is 0.635. The Kier molecular flexibility index (Phi) is 7.80. The number of aromatic nitrogens is 2. The maximum atomic E-state index is 10.8. The molecule has 2 aliphatic rings. The maximum Gasteiger partial charge on any atom is 0.302 e. The van der Waals surface area contributed by atoms with Gasteiger partial charge in [-0.05, 0) is 79.2 Å². The highest BCUT2D eigenvalue weighted by Gasteiger charge is 2.37. The molecule has 6 nitrogen and oxygen atoms in total. The van der Waals surface area contributed by atoms with E-state index in [1.807, 2.05) is 12.3 Å². The van der Waals surface area contributed by atoms with Crippen LogP contribution in [0.5, 0.6) is 0 Å². The van der Waals surface area contributed by atoms with E-state index in [0.717, 1.165) is 57.0 Å². The van der Waals surface area contributed by atoms with Crippen molar-refractivity contribution in [2.24, 2.45) is 0 Å². The fourth-order valence-electron chi connectivity index (χ4n) is 5.44. The summed E-state index contributed by atoms with van der Waals surface area (Å²) < 4.78 is 5.00. The van der Waals surface area contributed by atoms with Crippen molar-refractivity contribution in [2.75, 3.05) is 31.1 Å². The molecule has 0 spiro atoms. The van der Waals surface area contributed by atoms with E-state index in [1.54, 1.807) is 0 Å². The molecule has 0 bridgehead atoms. The zero-order valence-electron chi connectivity index (χ0n) is 22.2. The first-order valence-electron chi connectivity index (χ1n) is 13.3. The van der Waals surface area contributed by atoms with E-state index in [1.165, 1.54) is 36.5 Å². The van der Waals surface area contributed by atoms with E-state index < -0.39 is 0 Å². The molecule has 1 saturated heterocycles. The summed E-state index contributed by atoms with van der Waals surface area (Å²) in [7, 11) is 0. The molecule has 0 radical (unpaired) electrons. The van der Waals surface area contributed by atoms with Gasteiger partial charge in [-0.3, -0.25) is 4.79 Å². The maximum absolute atomic E-state index is 10.8. The number of rotatable bonds is 8. The molecule has 2 heterocycles. The largest absolute Gasteiger partial charge is 0.466 e. The van der Waals surface area contributed by atoms with Crippen LogP contribution in [0.15, 0.2) is 30.5 Å². The first-order chi connectivity index (χ1) is 16.7. The average Bonchev–Trinajstić information content (AvgIpc) is 2.84. The molecule has 0 unspecified atom stereocenters. The summed E-state index contributed by atoms with van der Waals surface area (Å²) in [6, 6.07) is 9.51. The number of benzene rings is 1. The van der Waals surface area contributed by atoms with E-state index in [-0.39, 0.29) is 16.8 Å². The molecule has 1 fully saturated rings. The number of hydrogen-bond acceptors (Lipinski definition) is 6. The number of anilines is 1. The second kappa shape index (κ2) is 10.7. The molecule has 1 aliphatic heterocycles. The molecule has 0 saturated carbocycles. The van der Waals surface area contributed by atoms with Crippen LogP contribution in [0.25, 0.3) is 11.3 Å². The number of piperidine rings is 1. The molecule has 190 valence electrons. The Morgan fingerprint density at radius 3 is 2.49 bits per heavy atom. The van der Waals surface area contributed by atoms with Gasteiger partial charge in [0.05, 0.1) is 12.3 Å². The van der Waals surface area contributed by atoms with Crippen molar-refractivity contribution in [1.29, 1.82) is 0 Å². The molecule has 0 amide bonds. The van der Waals surface area contributed by atoms with Crippen LogP contribution < -0.4 is 10.2 Å². The predicted molar refractivity (Wildman–Crippen MR) is 142 cm³/mol. The number of esters is 1. The molecular formula is C29H42N4O2. The third-order valence-electron chi connectivity index (χ3n) is 7.88. The third kappa shape index (κ3) is 6.21. The number of unbranched alkanes of at least 4 members (excludes halogenated alkanes) is 1. The van der Waals surface area contributed by atoms with E-state index in [9.17, 15) is 4.79 Å². The van der Waals surface area contributed by atoms with Crippen LogP contribution in [-0.4, -0.2) is 48.2 Å². The van der Waals surface area contributed by atoms with Gasteiger partial charge in [-0.15, -0.1) is 0 Å². The molecule has 1 aromatic heterocycles. The van der Waals surface area contributed by atoms with Crippen LogP contribution >= 0.6 is 0 Å². The van der Waals surface area contributed by atoms with Crippen LogP contribution in [-0.2, 0) is 20.4 Å². The van der Waals surface area contributed by atoms with E-state index in [4.69, 9.17) is 9.72 Å². The molecule has 1 aliphatic carbocycles. The Morgan fingerprint density at radius 1 is 1.06 bits per heavy atom. The minimum Gasteiger partial charge on any atom is -0.466 e. The molecule has 0 atom stereocenters. The number of carbonyl (C=O) groups is 1. The lowest BCUT2D eigenvalue weighted by Gasteiger charge is -2.42. The smallest absolute Gasteiger partial charge is 0.302 e. The number of carbonyl (C=O) groups excluding carboxylic acids is 1. The summed E-state index contributed by atoms with van der Waals surface area (Å²) in [5, 5.41) is 3.65. The van der Waals surface area contributed by atoms with Crippen LogP contribution in [0.4, 0.5) is 5.95 Å². The Hall–Kier alpha value is -2.47. The van der Waals surface area contributed by atoms with Crippen molar-refractivity contribution in [3.8, 4) is 11.3 Å². The van der Waals surface area contributed by atoms with Gasteiger partial charge in [0.1, 0.15) is 0 Å². The summed E-state index contributed by atoms with van der Waals surface area (Å²) in [4.78, 5) is 22.7. The molecule has 2 aromatic rings. The molecule has 35 heavy (non-hydrogen) atoms. The Morgan fingerprint density at radius 2 is 1.77 bits per heavy atom. The molecule has 6 heteroatoms. The SMILES string of the molecule is CC(=O)OCCCCNC1CCN(c2nccc(-c3ccc4c(c3)C(C)(C)CCC4(C)C)n2)CC1. The van der Waals surface area contributed by atoms with Crippen LogP contribution in [0.2, 0.25) is 0 Å². The number of fused-ring (bicyclic) bond motifs is 1. The van der Waals surface area contributed by atoms with Gasteiger partial charge in [0.25, 0.3) is 0 Å². The quantitative estimate of drug-likeness (QED) is 0.405. The van der Waals surface area contributed by atoms with Gasteiger partial charge in [0.15, 0.2) is 0 Å². The van der Waals surface area contributed by atoms with Gasteiger partial charge in [0, 0.05) is 37.8 Å². The highest BCUT2D eigenvalue weighted by Crippen LogP contribution is 2.46. The molecule has 1 N–H and O–H groups in total. The average molecular weight is 479 g/mol. The molecule has 1 aromatic carbocycles.